The van der Waals surface area contributed by atoms with Crippen LogP contribution in [0.25, 0.3) is 0 Å². The van der Waals surface area contributed by atoms with Gasteiger partial charge in [0.25, 0.3) is 0 Å². The van der Waals surface area contributed by atoms with Crippen molar-refractivity contribution in [2.45, 2.75) is 38.5 Å². The number of rotatable bonds is 3. The lowest BCUT2D eigenvalue weighted by molar-refractivity contribution is -0.134. The number of nitriles is 1. The van der Waals surface area contributed by atoms with Gasteiger partial charge in [0.15, 0.2) is 0 Å². The molecule has 2 fully saturated rings. The molecule has 0 spiro atoms. The van der Waals surface area contributed by atoms with E-state index in [-0.39, 0.29) is 0 Å². The van der Waals surface area contributed by atoms with Crippen molar-refractivity contribution in [2.24, 2.45) is 5.92 Å². The highest BCUT2D eigenvalue weighted by atomic mass is 16.2. The lowest BCUT2D eigenvalue weighted by Gasteiger charge is -2.34. The number of carbonyl (C=O) groups is 1. The van der Waals surface area contributed by atoms with E-state index in [2.05, 4.69) is 11.0 Å². The van der Waals surface area contributed by atoms with Crippen LogP contribution in [0.4, 0.5) is 0 Å². The number of carbonyl (C=O) groups excluding carboxylic acids is 1. The minimum atomic E-state index is 0.332. The van der Waals surface area contributed by atoms with E-state index in [9.17, 15) is 4.79 Å². The molecule has 0 atom stereocenters. The van der Waals surface area contributed by atoms with Gasteiger partial charge >= 0.3 is 0 Å². The third kappa shape index (κ3) is 3.71. The molecule has 1 amide bonds. The highest BCUT2D eigenvalue weighted by molar-refractivity contribution is 5.76. The Morgan fingerprint density at radius 1 is 1.11 bits per heavy atom. The molecular formula is C14H23N3O. The number of nitrogens with zero attached hydrogens (tertiary/aromatic N) is 3. The van der Waals surface area contributed by atoms with Crippen LogP contribution in [-0.2, 0) is 4.79 Å². The zero-order chi connectivity index (χ0) is 12.8. The zero-order valence-corrected chi connectivity index (χ0v) is 11.1. The maximum atomic E-state index is 12.2. The Morgan fingerprint density at radius 3 is 2.39 bits per heavy atom. The van der Waals surface area contributed by atoms with Gasteiger partial charge in [-0.3, -0.25) is 9.69 Å². The fourth-order valence-corrected chi connectivity index (χ4v) is 3.02. The molecule has 2 rings (SSSR count). The number of amides is 1. The van der Waals surface area contributed by atoms with E-state index < -0.39 is 0 Å². The van der Waals surface area contributed by atoms with Crippen LogP contribution in [0.1, 0.15) is 38.5 Å². The molecule has 0 N–H and O–H groups in total. The van der Waals surface area contributed by atoms with Crippen molar-refractivity contribution < 1.29 is 4.79 Å². The molecule has 0 aromatic rings. The first-order valence-corrected chi connectivity index (χ1v) is 7.16. The van der Waals surface area contributed by atoms with Crippen molar-refractivity contribution in [3.05, 3.63) is 0 Å². The van der Waals surface area contributed by atoms with E-state index in [0.29, 0.717) is 18.4 Å². The van der Waals surface area contributed by atoms with Crippen LogP contribution in [0, 0.1) is 17.2 Å². The molecular weight excluding hydrogens is 226 g/mol. The average molecular weight is 249 g/mol. The van der Waals surface area contributed by atoms with E-state index in [4.69, 9.17) is 5.26 Å². The summed E-state index contributed by atoms with van der Waals surface area (Å²) in [5.41, 5.74) is 0. The smallest absolute Gasteiger partial charge is 0.222 e. The summed E-state index contributed by atoms with van der Waals surface area (Å²) in [6.45, 7) is 3.79. The number of piperazine rings is 1. The van der Waals surface area contributed by atoms with Crippen molar-refractivity contribution in [3.8, 4) is 6.07 Å². The van der Waals surface area contributed by atoms with E-state index in [1.54, 1.807) is 0 Å². The first-order chi connectivity index (χ1) is 8.79. The third-order valence-electron chi connectivity index (χ3n) is 4.21. The second-order valence-electron chi connectivity index (χ2n) is 5.52. The number of hydrogen-bond donors (Lipinski definition) is 0. The Kier molecular flexibility index (Phi) is 5.00. The summed E-state index contributed by atoms with van der Waals surface area (Å²) >= 11 is 0. The normalized spacial score (nSPS) is 22.7. The quantitative estimate of drug-likeness (QED) is 0.714. The molecule has 4 heteroatoms. The first-order valence-electron chi connectivity index (χ1n) is 7.16. The fraction of sp³-hybridized carbons (Fsp3) is 0.857. The van der Waals surface area contributed by atoms with Crippen LogP contribution >= 0.6 is 0 Å². The monoisotopic (exact) mass is 249 g/mol. The van der Waals surface area contributed by atoms with Gasteiger partial charge in [-0.1, -0.05) is 19.3 Å². The van der Waals surface area contributed by atoms with Gasteiger partial charge in [0.05, 0.1) is 12.6 Å². The molecule has 1 aliphatic carbocycles. The summed E-state index contributed by atoms with van der Waals surface area (Å²) in [6.07, 6.45) is 7.16. The van der Waals surface area contributed by atoms with Crippen molar-refractivity contribution in [1.82, 2.24) is 9.80 Å². The molecule has 18 heavy (non-hydrogen) atoms. The molecule has 0 aromatic carbocycles. The minimum Gasteiger partial charge on any atom is -0.340 e. The second kappa shape index (κ2) is 6.75. The molecule has 1 aliphatic heterocycles. The van der Waals surface area contributed by atoms with Crippen LogP contribution in [0.3, 0.4) is 0 Å². The van der Waals surface area contributed by atoms with Crippen molar-refractivity contribution in [2.75, 3.05) is 32.7 Å². The van der Waals surface area contributed by atoms with Crippen LogP contribution < -0.4 is 0 Å². The summed E-state index contributed by atoms with van der Waals surface area (Å²) in [6, 6.07) is 2.17. The van der Waals surface area contributed by atoms with Gasteiger partial charge in [-0.25, -0.2) is 0 Å². The molecule has 0 bridgehead atoms. The summed E-state index contributed by atoms with van der Waals surface area (Å²) in [4.78, 5) is 16.3. The Labute approximate surface area is 110 Å². The summed E-state index contributed by atoms with van der Waals surface area (Å²) in [5.74, 6) is 0.960. The first kappa shape index (κ1) is 13.4. The topological polar surface area (TPSA) is 47.3 Å². The minimum absolute atomic E-state index is 0.332. The SMILES string of the molecule is N#CCN1CCN(C(=O)CC2CCCCC2)CC1. The van der Waals surface area contributed by atoms with Crippen LogP contribution in [0.2, 0.25) is 0 Å². The molecule has 1 heterocycles. The van der Waals surface area contributed by atoms with Gasteiger partial charge in [-0.05, 0) is 18.8 Å². The van der Waals surface area contributed by atoms with Crippen molar-refractivity contribution >= 4 is 5.91 Å². The van der Waals surface area contributed by atoms with Crippen molar-refractivity contribution in [3.63, 3.8) is 0 Å². The molecule has 0 radical (unpaired) electrons. The van der Waals surface area contributed by atoms with E-state index in [1.165, 1.54) is 32.1 Å². The predicted molar refractivity (Wildman–Crippen MR) is 69.8 cm³/mol. The van der Waals surface area contributed by atoms with Crippen LogP contribution in [0.5, 0.6) is 0 Å². The molecule has 1 saturated heterocycles. The van der Waals surface area contributed by atoms with Gasteiger partial charge < -0.3 is 4.90 Å². The summed E-state index contributed by atoms with van der Waals surface area (Å²) in [7, 11) is 0. The third-order valence-corrected chi connectivity index (χ3v) is 4.21. The maximum Gasteiger partial charge on any atom is 0.222 e. The molecule has 4 nitrogen and oxygen atoms in total. The van der Waals surface area contributed by atoms with E-state index in [1.807, 2.05) is 4.90 Å². The van der Waals surface area contributed by atoms with Crippen molar-refractivity contribution in [1.29, 1.82) is 5.26 Å². The Balaban J connectivity index is 1.72. The van der Waals surface area contributed by atoms with Gasteiger partial charge in [0.2, 0.25) is 5.91 Å². The molecule has 0 aromatic heterocycles. The fourth-order valence-electron chi connectivity index (χ4n) is 3.02. The lowest BCUT2D eigenvalue weighted by Crippen LogP contribution is -2.49. The zero-order valence-electron chi connectivity index (χ0n) is 11.1. The van der Waals surface area contributed by atoms with E-state index in [0.717, 1.165) is 32.6 Å². The number of hydrogen-bond acceptors (Lipinski definition) is 3. The van der Waals surface area contributed by atoms with Gasteiger partial charge in [0, 0.05) is 32.6 Å². The standard InChI is InChI=1S/C14H23N3O/c15-6-7-16-8-10-17(11-9-16)14(18)12-13-4-2-1-3-5-13/h13H,1-5,7-12H2. The Bertz CT molecular complexity index is 309. The van der Waals surface area contributed by atoms with Gasteiger partial charge in [-0.2, -0.15) is 5.26 Å². The molecule has 0 unspecified atom stereocenters. The van der Waals surface area contributed by atoms with Crippen LogP contribution in [-0.4, -0.2) is 48.4 Å². The highest BCUT2D eigenvalue weighted by Crippen LogP contribution is 2.26. The maximum absolute atomic E-state index is 12.2. The lowest BCUT2D eigenvalue weighted by atomic mass is 9.86. The van der Waals surface area contributed by atoms with E-state index >= 15 is 0 Å². The highest BCUT2D eigenvalue weighted by Gasteiger charge is 2.24. The Hall–Kier alpha value is -1.08. The molecule has 1 saturated carbocycles. The summed E-state index contributed by atoms with van der Waals surface area (Å²) < 4.78 is 0. The Morgan fingerprint density at radius 2 is 1.78 bits per heavy atom. The van der Waals surface area contributed by atoms with Crippen LogP contribution in [0.15, 0.2) is 0 Å². The predicted octanol–water partition coefficient (Wildman–Crippen LogP) is 1.62. The average Bonchev–Trinajstić information content (AvgIpc) is 2.41. The summed E-state index contributed by atoms with van der Waals surface area (Å²) in [5, 5.41) is 8.64. The molecule has 2 aliphatic rings. The molecule has 100 valence electrons. The van der Waals surface area contributed by atoms with Gasteiger partial charge in [0.1, 0.15) is 0 Å². The second-order valence-corrected chi connectivity index (χ2v) is 5.52. The largest absolute Gasteiger partial charge is 0.340 e. The van der Waals surface area contributed by atoms with Gasteiger partial charge in [-0.15, -0.1) is 0 Å².